The van der Waals surface area contributed by atoms with Gasteiger partial charge in [-0.25, -0.2) is 0 Å². The topological polar surface area (TPSA) is 52.9 Å². The molecule has 0 saturated carbocycles. The van der Waals surface area contributed by atoms with Crippen LogP contribution in [0.1, 0.15) is 25.0 Å². The van der Waals surface area contributed by atoms with Gasteiger partial charge in [0.1, 0.15) is 5.92 Å². The highest BCUT2D eigenvalue weighted by Crippen LogP contribution is 2.28. The van der Waals surface area contributed by atoms with Crippen molar-refractivity contribution in [2.75, 3.05) is 5.32 Å². The van der Waals surface area contributed by atoms with Gasteiger partial charge in [0.2, 0.25) is 5.91 Å². The summed E-state index contributed by atoms with van der Waals surface area (Å²) in [5.41, 5.74) is 2.85. The third-order valence-corrected chi connectivity index (χ3v) is 3.39. The number of anilines is 1. The van der Waals surface area contributed by atoms with Crippen LogP contribution in [-0.2, 0) is 4.79 Å². The molecule has 0 radical (unpaired) electrons. The Hall–Kier alpha value is -1.34. The number of amides is 1. The van der Waals surface area contributed by atoms with Crippen LogP contribution in [0.15, 0.2) is 16.6 Å². The lowest BCUT2D eigenvalue weighted by Gasteiger charge is -2.16. The number of hydrogen-bond acceptors (Lipinski definition) is 2. The highest BCUT2D eigenvalue weighted by molar-refractivity contribution is 9.10. The van der Waals surface area contributed by atoms with Gasteiger partial charge in [-0.2, -0.15) is 5.26 Å². The zero-order valence-electron chi connectivity index (χ0n) is 11.0. The van der Waals surface area contributed by atoms with Gasteiger partial charge in [-0.15, -0.1) is 0 Å². The standard InChI is InChI=1S/C14H17BrN2O/c1-8(2)11(7-16)14(18)17-13-10(4)5-9(3)6-12(13)15/h5-6,8,11H,1-4H3,(H,17,18). The van der Waals surface area contributed by atoms with Gasteiger partial charge < -0.3 is 5.32 Å². The van der Waals surface area contributed by atoms with Crippen LogP contribution in [0.4, 0.5) is 5.69 Å². The van der Waals surface area contributed by atoms with Crippen molar-refractivity contribution in [3.05, 3.63) is 27.7 Å². The van der Waals surface area contributed by atoms with Gasteiger partial charge in [-0.1, -0.05) is 19.9 Å². The summed E-state index contributed by atoms with van der Waals surface area (Å²) in [5, 5.41) is 11.8. The van der Waals surface area contributed by atoms with Crippen molar-refractivity contribution in [3.8, 4) is 6.07 Å². The Morgan fingerprint density at radius 2 is 2.00 bits per heavy atom. The van der Waals surface area contributed by atoms with Crippen LogP contribution in [-0.4, -0.2) is 5.91 Å². The third kappa shape index (κ3) is 3.33. The molecular weight excluding hydrogens is 292 g/mol. The molecule has 96 valence electrons. The molecule has 1 aromatic rings. The second-order valence-electron chi connectivity index (χ2n) is 4.78. The van der Waals surface area contributed by atoms with Gasteiger partial charge in [-0.3, -0.25) is 4.79 Å². The molecule has 0 heterocycles. The van der Waals surface area contributed by atoms with Crippen molar-refractivity contribution < 1.29 is 4.79 Å². The predicted octanol–water partition coefficient (Wildman–Crippen LogP) is 3.80. The maximum Gasteiger partial charge on any atom is 0.242 e. The Balaban J connectivity index is 2.99. The zero-order chi connectivity index (χ0) is 13.9. The van der Waals surface area contributed by atoms with Crippen molar-refractivity contribution in [3.63, 3.8) is 0 Å². The molecule has 18 heavy (non-hydrogen) atoms. The Labute approximate surface area is 116 Å². The number of carbonyl (C=O) groups is 1. The SMILES string of the molecule is Cc1cc(C)c(NC(=O)C(C#N)C(C)C)c(Br)c1. The summed E-state index contributed by atoms with van der Waals surface area (Å²) in [5.74, 6) is -0.878. The lowest BCUT2D eigenvalue weighted by molar-refractivity contribution is -0.119. The molecule has 1 amide bonds. The Bertz CT molecular complexity index is 480. The van der Waals surface area contributed by atoms with Gasteiger partial charge in [0.05, 0.1) is 11.8 Å². The molecule has 1 aromatic carbocycles. The summed E-state index contributed by atoms with van der Waals surface area (Å²) < 4.78 is 0.841. The minimum Gasteiger partial charge on any atom is -0.324 e. The van der Waals surface area contributed by atoms with E-state index in [1.165, 1.54) is 0 Å². The van der Waals surface area contributed by atoms with Crippen LogP contribution in [0.3, 0.4) is 0 Å². The lowest BCUT2D eigenvalue weighted by atomic mass is 9.96. The van der Waals surface area contributed by atoms with Crippen molar-refractivity contribution in [1.29, 1.82) is 5.26 Å². The summed E-state index contributed by atoms with van der Waals surface area (Å²) in [4.78, 5) is 12.0. The van der Waals surface area contributed by atoms with E-state index in [9.17, 15) is 4.79 Å². The molecule has 1 atom stereocenters. The molecule has 1 rings (SSSR count). The molecule has 0 saturated heterocycles. The number of nitrogens with zero attached hydrogens (tertiary/aromatic N) is 1. The highest BCUT2D eigenvalue weighted by Gasteiger charge is 2.22. The quantitative estimate of drug-likeness (QED) is 0.923. The Morgan fingerprint density at radius 1 is 1.39 bits per heavy atom. The number of halogens is 1. The van der Waals surface area contributed by atoms with Crippen LogP contribution in [0.5, 0.6) is 0 Å². The van der Waals surface area contributed by atoms with Gasteiger partial charge in [-0.05, 0) is 52.9 Å². The van der Waals surface area contributed by atoms with E-state index < -0.39 is 5.92 Å². The molecule has 1 N–H and O–H groups in total. The van der Waals surface area contributed by atoms with E-state index in [0.717, 1.165) is 21.3 Å². The molecule has 0 aromatic heterocycles. The monoisotopic (exact) mass is 308 g/mol. The summed E-state index contributed by atoms with van der Waals surface area (Å²) in [7, 11) is 0. The summed E-state index contributed by atoms with van der Waals surface area (Å²) >= 11 is 3.44. The largest absolute Gasteiger partial charge is 0.324 e. The number of benzene rings is 1. The zero-order valence-corrected chi connectivity index (χ0v) is 12.6. The highest BCUT2D eigenvalue weighted by atomic mass is 79.9. The maximum absolute atomic E-state index is 12.0. The molecule has 1 unspecified atom stereocenters. The number of nitrogens with one attached hydrogen (secondary N) is 1. The predicted molar refractivity (Wildman–Crippen MR) is 76.2 cm³/mol. The number of aryl methyl sites for hydroxylation is 2. The Morgan fingerprint density at radius 3 is 2.44 bits per heavy atom. The first-order chi connectivity index (χ1) is 8.36. The first kappa shape index (κ1) is 14.7. The van der Waals surface area contributed by atoms with E-state index in [-0.39, 0.29) is 11.8 Å². The van der Waals surface area contributed by atoms with Gasteiger partial charge in [0.15, 0.2) is 0 Å². The van der Waals surface area contributed by atoms with E-state index in [1.807, 2.05) is 45.9 Å². The first-order valence-electron chi connectivity index (χ1n) is 5.84. The molecule has 0 bridgehead atoms. The second kappa shape index (κ2) is 6.01. The van der Waals surface area contributed by atoms with Crippen LogP contribution < -0.4 is 5.32 Å². The van der Waals surface area contributed by atoms with Crippen molar-refractivity contribution >= 4 is 27.5 Å². The molecule has 0 aliphatic rings. The average molecular weight is 309 g/mol. The smallest absolute Gasteiger partial charge is 0.242 e. The fraction of sp³-hybridized carbons (Fsp3) is 0.429. The fourth-order valence-electron chi connectivity index (χ4n) is 1.79. The normalized spacial score (nSPS) is 12.1. The molecule has 0 spiro atoms. The average Bonchev–Trinajstić information content (AvgIpc) is 2.23. The van der Waals surface area contributed by atoms with Crippen LogP contribution in [0.2, 0.25) is 0 Å². The summed E-state index contributed by atoms with van der Waals surface area (Å²) in [6.45, 7) is 7.66. The van der Waals surface area contributed by atoms with Crippen molar-refractivity contribution in [2.24, 2.45) is 11.8 Å². The number of rotatable bonds is 3. The Kier molecular flexibility index (Phi) is 4.92. The number of hydrogen-bond donors (Lipinski definition) is 1. The molecule has 0 fully saturated rings. The molecular formula is C14H17BrN2O. The lowest BCUT2D eigenvalue weighted by Crippen LogP contribution is -2.26. The van der Waals surface area contributed by atoms with Crippen molar-refractivity contribution in [2.45, 2.75) is 27.7 Å². The molecule has 0 aliphatic carbocycles. The van der Waals surface area contributed by atoms with E-state index in [4.69, 9.17) is 5.26 Å². The van der Waals surface area contributed by atoms with Crippen LogP contribution in [0, 0.1) is 37.0 Å². The third-order valence-electron chi connectivity index (χ3n) is 2.77. The minimum atomic E-state index is -0.627. The fourth-order valence-corrected chi connectivity index (χ4v) is 2.56. The van der Waals surface area contributed by atoms with Gasteiger partial charge in [0.25, 0.3) is 0 Å². The van der Waals surface area contributed by atoms with E-state index in [2.05, 4.69) is 21.2 Å². The van der Waals surface area contributed by atoms with Crippen LogP contribution >= 0.6 is 15.9 Å². The molecule has 4 heteroatoms. The maximum atomic E-state index is 12.0. The van der Waals surface area contributed by atoms with E-state index in [1.54, 1.807) is 0 Å². The molecule has 0 aliphatic heterocycles. The second-order valence-corrected chi connectivity index (χ2v) is 5.63. The number of carbonyl (C=O) groups excluding carboxylic acids is 1. The van der Waals surface area contributed by atoms with E-state index in [0.29, 0.717) is 0 Å². The number of nitriles is 1. The molecule has 3 nitrogen and oxygen atoms in total. The first-order valence-corrected chi connectivity index (χ1v) is 6.63. The summed E-state index contributed by atoms with van der Waals surface area (Å²) in [6, 6.07) is 5.99. The van der Waals surface area contributed by atoms with Crippen molar-refractivity contribution in [1.82, 2.24) is 0 Å². The summed E-state index contributed by atoms with van der Waals surface area (Å²) in [6.07, 6.45) is 0. The minimum absolute atomic E-state index is 0.000435. The van der Waals surface area contributed by atoms with Crippen LogP contribution in [0.25, 0.3) is 0 Å². The van der Waals surface area contributed by atoms with Gasteiger partial charge in [0, 0.05) is 4.47 Å². The van der Waals surface area contributed by atoms with E-state index >= 15 is 0 Å². The van der Waals surface area contributed by atoms with Gasteiger partial charge >= 0.3 is 0 Å².